The number of likely N-dealkylation sites (N-methyl/N-ethyl adjacent to an activating group) is 1. The molecule has 2 fully saturated rings. The molecule has 1 unspecified atom stereocenters. The first kappa shape index (κ1) is 17.8. The molecule has 3 amide bonds. The molecule has 0 aromatic carbocycles. The summed E-state index contributed by atoms with van der Waals surface area (Å²) >= 11 is 0. The van der Waals surface area contributed by atoms with E-state index in [1.807, 2.05) is 13.0 Å². The van der Waals surface area contributed by atoms with E-state index < -0.39 is 0 Å². The molecule has 1 saturated heterocycles. The van der Waals surface area contributed by atoms with Crippen LogP contribution in [0.15, 0.2) is 16.7 Å². The number of nitrogens with zero attached hydrogens (tertiary/aromatic N) is 2. The Morgan fingerprint density at radius 2 is 2.00 bits per heavy atom. The van der Waals surface area contributed by atoms with E-state index in [0.29, 0.717) is 13.1 Å². The molecule has 25 heavy (non-hydrogen) atoms. The highest BCUT2D eigenvalue weighted by molar-refractivity contribution is 5.87. The van der Waals surface area contributed by atoms with Gasteiger partial charge in [0.2, 0.25) is 5.91 Å². The fourth-order valence-corrected chi connectivity index (χ4v) is 3.93. The highest BCUT2D eigenvalue weighted by Gasteiger charge is 2.36. The quantitative estimate of drug-likeness (QED) is 0.910. The van der Waals surface area contributed by atoms with Crippen molar-refractivity contribution in [3.63, 3.8) is 0 Å². The predicted octanol–water partition coefficient (Wildman–Crippen LogP) is 3.05. The molecule has 1 atom stereocenters. The molecule has 1 saturated carbocycles. The Bertz CT molecular complexity index is 607. The van der Waals surface area contributed by atoms with Crippen LogP contribution in [-0.2, 0) is 11.3 Å². The second-order valence-corrected chi connectivity index (χ2v) is 7.33. The maximum Gasteiger partial charge on any atom is 0.318 e. The maximum atomic E-state index is 12.9. The Morgan fingerprint density at radius 1 is 1.24 bits per heavy atom. The van der Waals surface area contributed by atoms with Gasteiger partial charge in [0.05, 0.1) is 6.26 Å². The number of hydrogen-bond acceptors (Lipinski definition) is 3. The van der Waals surface area contributed by atoms with Gasteiger partial charge in [0.15, 0.2) is 0 Å². The summed E-state index contributed by atoms with van der Waals surface area (Å²) < 4.78 is 5.30. The lowest BCUT2D eigenvalue weighted by atomic mass is 9.96. The number of carbonyl (C=O) groups excluding carboxylic acids is 2. The highest BCUT2D eigenvalue weighted by Crippen LogP contribution is 2.22. The summed E-state index contributed by atoms with van der Waals surface area (Å²) in [5.74, 6) is 0.842. The van der Waals surface area contributed by atoms with Gasteiger partial charge in [-0.3, -0.25) is 4.79 Å². The molecule has 1 aliphatic carbocycles. The molecule has 0 radical (unpaired) electrons. The molecule has 0 bridgehead atoms. The normalized spacial score (nSPS) is 21.4. The summed E-state index contributed by atoms with van der Waals surface area (Å²) in [5.41, 5.74) is 1.01. The number of likely N-dealkylation sites (tertiary alicyclic amines) is 1. The molecule has 0 spiro atoms. The predicted molar refractivity (Wildman–Crippen MR) is 95.1 cm³/mol. The van der Waals surface area contributed by atoms with Gasteiger partial charge < -0.3 is 19.5 Å². The van der Waals surface area contributed by atoms with Gasteiger partial charge in [-0.1, -0.05) is 19.3 Å². The zero-order valence-corrected chi connectivity index (χ0v) is 15.3. The molecule has 2 heterocycles. The van der Waals surface area contributed by atoms with Crippen molar-refractivity contribution >= 4 is 11.9 Å². The summed E-state index contributed by atoms with van der Waals surface area (Å²) in [5, 5.41) is 3.14. The second-order valence-electron chi connectivity index (χ2n) is 7.33. The van der Waals surface area contributed by atoms with Crippen LogP contribution >= 0.6 is 0 Å². The topological polar surface area (TPSA) is 65.8 Å². The minimum absolute atomic E-state index is 0.0110. The van der Waals surface area contributed by atoms with E-state index in [2.05, 4.69) is 5.32 Å². The van der Waals surface area contributed by atoms with E-state index in [9.17, 15) is 9.59 Å². The number of carbonyl (C=O) groups is 2. The monoisotopic (exact) mass is 347 g/mol. The van der Waals surface area contributed by atoms with Crippen LogP contribution in [0, 0.1) is 6.92 Å². The molecule has 1 aromatic rings. The van der Waals surface area contributed by atoms with Gasteiger partial charge in [0.1, 0.15) is 11.8 Å². The van der Waals surface area contributed by atoms with E-state index in [1.165, 1.54) is 19.3 Å². The van der Waals surface area contributed by atoms with Crippen LogP contribution in [0.2, 0.25) is 0 Å². The lowest BCUT2D eigenvalue weighted by molar-refractivity contribution is -0.134. The van der Waals surface area contributed by atoms with Crippen LogP contribution < -0.4 is 5.32 Å². The fourth-order valence-electron chi connectivity index (χ4n) is 3.93. The molecule has 2 aliphatic rings. The summed E-state index contributed by atoms with van der Waals surface area (Å²) in [7, 11) is 1.80. The third kappa shape index (κ3) is 4.17. The Hall–Kier alpha value is -1.98. The number of hydrogen-bond donors (Lipinski definition) is 1. The van der Waals surface area contributed by atoms with Crippen molar-refractivity contribution in [2.75, 3.05) is 13.6 Å². The van der Waals surface area contributed by atoms with Crippen LogP contribution in [-0.4, -0.2) is 47.4 Å². The van der Waals surface area contributed by atoms with Gasteiger partial charge in [-0.2, -0.15) is 0 Å². The van der Waals surface area contributed by atoms with Gasteiger partial charge in [-0.15, -0.1) is 0 Å². The van der Waals surface area contributed by atoms with Crippen LogP contribution in [0.4, 0.5) is 4.79 Å². The number of aryl methyl sites for hydroxylation is 1. The molecule has 1 N–H and O–H groups in total. The molecule has 3 rings (SSSR count). The largest absolute Gasteiger partial charge is 0.469 e. The third-order valence-corrected chi connectivity index (χ3v) is 5.48. The zero-order chi connectivity index (χ0) is 17.8. The second kappa shape index (κ2) is 7.93. The van der Waals surface area contributed by atoms with Gasteiger partial charge in [0.25, 0.3) is 0 Å². The lowest BCUT2D eigenvalue weighted by Gasteiger charge is -2.30. The molecular weight excluding hydrogens is 318 g/mol. The van der Waals surface area contributed by atoms with Crippen molar-refractivity contribution in [3.05, 3.63) is 23.7 Å². The smallest absolute Gasteiger partial charge is 0.318 e. The van der Waals surface area contributed by atoms with Crippen molar-refractivity contribution in [1.82, 2.24) is 15.1 Å². The van der Waals surface area contributed by atoms with Crippen LogP contribution in [0.1, 0.15) is 56.3 Å². The summed E-state index contributed by atoms with van der Waals surface area (Å²) in [6.45, 7) is 3.07. The Balaban J connectivity index is 1.58. The number of rotatable bonds is 4. The first-order chi connectivity index (χ1) is 12.1. The summed E-state index contributed by atoms with van der Waals surface area (Å²) in [6.07, 6.45) is 8.99. The van der Waals surface area contributed by atoms with Gasteiger partial charge in [-0.05, 0) is 38.7 Å². The van der Waals surface area contributed by atoms with Crippen molar-refractivity contribution < 1.29 is 14.0 Å². The number of furan rings is 1. The van der Waals surface area contributed by atoms with Gasteiger partial charge in [0, 0.05) is 31.7 Å². The minimum Gasteiger partial charge on any atom is -0.469 e. The third-order valence-electron chi connectivity index (χ3n) is 5.48. The van der Waals surface area contributed by atoms with Crippen LogP contribution in [0.25, 0.3) is 0 Å². The SMILES string of the molecule is Cc1occc1CN(C)C(=O)C1CCCN1C(=O)NC1CCCCC1. The number of urea groups is 1. The first-order valence-electron chi connectivity index (χ1n) is 9.41. The molecule has 6 heteroatoms. The summed E-state index contributed by atoms with van der Waals surface area (Å²) in [4.78, 5) is 28.9. The minimum atomic E-state index is -0.346. The van der Waals surface area contributed by atoms with Crippen molar-refractivity contribution in [2.45, 2.75) is 70.5 Å². The van der Waals surface area contributed by atoms with Crippen LogP contribution in [0.5, 0.6) is 0 Å². The van der Waals surface area contributed by atoms with Gasteiger partial charge in [-0.25, -0.2) is 4.79 Å². The van der Waals surface area contributed by atoms with Gasteiger partial charge >= 0.3 is 6.03 Å². The molecule has 6 nitrogen and oxygen atoms in total. The van der Waals surface area contributed by atoms with Crippen LogP contribution in [0.3, 0.4) is 0 Å². The average molecular weight is 347 g/mol. The zero-order valence-electron chi connectivity index (χ0n) is 15.3. The van der Waals surface area contributed by atoms with Crippen molar-refractivity contribution in [3.8, 4) is 0 Å². The molecule has 138 valence electrons. The Labute approximate surface area is 149 Å². The Kier molecular flexibility index (Phi) is 5.66. The van der Waals surface area contributed by atoms with E-state index in [-0.39, 0.29) is 24.0 Å². The number of nitrogens with one attached hydrogen (secondary N) is 1. The highest BCUT2D eigenvalue weighted by atomic mass is 16.3. The fraction of sp³-hybridized carbons (Fsp3) is 0.684. The molecular formula is C19H29N3O3. The summed E-state index contributed by atoms with van der Waals surface area (Å²) in [6, 6.07) is 1.74. The van der Waals surface area contributed by atoms with Crippen molar-refractivity contribution in [2.24, 2.45) is 0 Å². The standard InChI is InChI=1S/C19H29N3O3/c1-14-15(10-12-25-14)13-21(2)18(23)17-9-6-11-22(17)19(24)20-16-7-4-3-5-8-16/h10,12,16-17H,3-9,11,13H2,1-2H3,(H,20,24). The van der Waals surface area contributed by atoms with Crippen molar-refractivity contribution in [1.29, 1.82) is 0 Å². The maximum absolute atomic E-state index is 12.9. The first-order valence-corrected chi connectivity index (χ1v) is 9.41. The Morgan fingerprint density at radius 3 is 2.68 bits per heavy atom. The molecule has 1 aliphatic heterocycles. The van der Waals surface area contributed by atoms with E-state index in [0.717, 1.165) is 37.0 Å². The average Bonchev–Trinajstić information content (AvgIpc) is 3.24. The van der Waals surface area contributed by atoms with E-state index >= 15 is 0 Å². The lowest BCUT2D eigenvalue weighted by Crippen LogP contribution is -2.52. The molecule has 1 aromatic heterocycles. The number of amides is 3. The van der Waals surface area contributed by atoms with E-state index in [1.54, 1.807) is 23.1 Å². The van der Waals surface area contributed by atoms with E-state index in [4.69, 9.17) is 4.42 Å².